The number of carboxylic acids is 1. The minimum absolute atomic E-state index is 0.627. The molecule has 108 valence electrons. The molecule has 0 amide bonds. The van der Waals surface area contributed by atoms with E-state index in [-0.39, 0.29) is 0 Å². The van der Waals surface area contributed by atoms with Gasteiger partial charge in [-0.15, -0.1) is 0 Å². The summed E-state index contributed by atoms with van der Waals surface area (Å²) >= 11 is 6.02. The van der Waals surface area contributed by atoms with Crippen LogP contribution in [0.25, 0.3) is 6.08 Å². The number of halogens is 1. The molecular formula is C16H20ClNO2. The van der Waals surface area contributed by atoms with Gasteiger partial charge in [-0.3, -0.25) is 0 Å². The van der Waals surface area contributed by atoms with Crippen LogP contribution in [-0.2, 0) is 4.79 Å². The molecule has 0 radical (unpaired) electrons. The van der Waals surface area contributed by atoms with Crippen molar-refractivity contribution in [2.75, 3.05) is 18.0 Å². The quantitative estimate of drug-likeness (QED) is 0.851. The van der Waals surface area contributed by atoms with Crippen LogP contribution in [0.15, 0.2) is 24.3 Å². The number of anilines is 1. The molecule has 3 nitrogen and oxygen atoms in total. The number of piperidine rings is 1. The Bertz CT molecular complexity index is 505. The molecule has 0 aliphatic carbocycles. The molecule has 1 N–H and O–H groups in total. The van der Waals surface area contributed by atoms with Crippen molar-refractivity contribution < 1.29 is 9.90 Å². The Balaban J connectivity index is 2.20. The van der Waals surface area contributed by atoms with E-state index in [1.165, 1.54) is 19.3 Å². The molecule has 4 heteroatoms. The summed E-state index contributed by atoms with van der Waals surface area (Å²) in [6.07, 6.45) is 6.41. The average molecular weight is 294 g/mol. The number of aliphatic carboxylic acids is 1. The number of carbonyl (C=O) groups is 1. The fourth-order valence-corrected chi connectivity index (χ4v) is 2.87. The van der Waals surface area contributed by atoms with E-state index in [0.29, 0.717) is 5.02 Å². The van der Waals surface area contributed by atoms with Gasteiger partial charge in [0.05, 0.1) is 0 Å². The molecule has 0 spiro atoms. The molecule has 1 heterocycles. The third kappa shape index (κ3) is 3.76. The third-order valence-electron chi connectivity index (χ3n) is 3.93. The lowest BCUT2D eigenvalue weighted by Gasteiger charge is -2.34. The number of hydrogen-bond donors (Lipinski definition) is 1. The largest absolute Gasteiger partial charge is 0.478 e. The van der Waals surface area contributed by atoms with Crippen molar-refractivity contribution in [3.63, 3.8) is 0 Å². The lowest BCUT2D eigenvalue weighted by molar-refractivity contribution is -0.131. The van der Waals surface area contributed by atoms with Crippen LogP contribution in [0.1, 0.15) is 31.7 Å². The van der Waals surface area contributed by atoms with Crippen LogP contribution in [-0.4, -0.2) is 24.2 Å². The summed E-state index contributed by atoms with van der Waals surface area (Å²) in [5.74, 6) is -0.128. The SMILES string of the molecule is CCC1CCN(c2ccc(Cl)cc2/C=C/C(=O)O)CC1. The lowest BCUT2D eigenvalue weighted by atomic mass is 9.93. The predicted octanol–water partition coefficient (Wildman–Crippen LogP) is 4.06. The molecule has 0 bridgehead atoms. The molecule has 1 aromatic rings. The summed E-state index contributed by atoms with van der Waals surface area (Å²) in [5.41, 5.74) is 1.94. The second-order valence-electron chi connectivity index (χ2n) is 5.21. The van der Waals surface area contributed by atoms with Gasteiger partial charge in [0, 0.05) is 29.9 Å². The summed E-state index contributed by atoms with van der Waals surface area (Å²) < 4.78 is 0. The highest BCUT2D eigenvalue weighted by Gasteiger charge is 2.19. The van der Waals surface area contributed by atoms with E-state index in [2.05, 4.69) is 11.8 Å². The molecule has 1 aromatic carbocycles. The van der Waals surface area contributed by atoms with E-state index in [1.807, 2.05) is 18.2 Å². The zero-order chi connectivity index (χ0) is 14.5. The Labute approximate surface area is 124 Å². The molecular weight excluding hydrogens is 274 g/mol. The number of carboxylic acid groups (broad SMARTS) is 1. The summed E-state index contributed by atoms with van der Waals surface area (Å²) in [7, 11) is 0. The first-order chi connectivity index (χ1) is 9.60. The molecule has 1 aliphatic heterocycles. The maximum Gasteiger partial charge on any atom is 0.328 e. The fraction of sp³-hybridized carbons (Fsp3) is 0.438. The van der Waals surface area contributed by atoms with Gasteiger partial charge < -0.3 is 10.0 Å². The lowest BCUT2D eigenvalue weighted by Crippen LogP contribution is -2.33. The second kappa shape index (κ2) is 6.80. The number of rotatable bonds is 4. The minimum Gasteiger partial charge on any atom is -0.478 e. The summed E-state index contributed by atoms with van der Waals surface area (Å²) in [6.45, 7) is 4.28. The standard InChI is InChI=1S/C16H20ClNO2/c1-2-12-7-9-18(10-8-12)15-5-4-14(17)11-13(15)3-6-16(19)20/h3-6,11-12H,2,7-10H2,1H3,(H,19,20)/b6-3+. The van der Waals surface area contributed by atoms with Gasteiger partial charge in [0.2, 0.25) is 0 Å². The maximum absolute atomic E-state index is 10.7. The predicted molar refractivity (Wildman–Crippen MR) is 83.3 cm³/mol. The van der Waals surface area contributed by atoms with E-state index >= 15 is 0 Å². The molecule has 0 atom stereocenters. The van der Waals surface area contributed by atoms with Crippen LogP contribution >= 0.6 is 11.6 Å². The smallest absolute Gasteiger partial charge is 0.328 e. The molecule has 20 heavy (non-hydrogen) atoms. The van der Waals surface area contributed by atoms with Gasteiger partial charge in [0.1, 0.15) is 0 Å². The van der Waals surface area contributed by atoms with Crippen molar-refractivity contribution >= 4 is 29.3 Å². The van der Waals surface area contributed by atoms with Crippen molar-refractivity contribution in [2.45, 2.75) is 26.2 Å². The number of hydrogen-bond acceptors (Lipinski definition) is 2. The number of benzene rings is 1. The molecule has 2 rings (SSSR count). The Morgan fingerprint density at radius 1 is 1.45 bits per heavy atom. The van der Waals surface area contributed by atoms with E-state index in [9.17, 15) is 4.79 Å². The van der Waals surface area contributed by atoms with E-state index in [1.54, 1.807) is 6.08 Å². The van der Waals surface area contributed by atoms with Crippen LogP contribution < -0.4 is 4.90 Å². The summed E-state index contributed by atoms with van der Waals surface area (Å²) in [5, 5.41) is 9.41. The zero-order valence-electron chi connectivity index (χ0n) is 11.7. The maximum atomic E-state index is 10.7. The minimum atomic E-state index is -0.944. The Morgan fingerprint density at radius 3 is 2.75 bits per heavy atom. The highest BCUT2D eigenvalue weighted by Crippen LogP contribution is 2.30. The molecule has 1 fully saturated rings. The Morgan fingerprint density at radius 2 is 2.15 bits per heavy atom. The van der Waals surface area contributed by atoms with Gasteiger partial charge >= 0.3 is 5.97 Å². The first kappa shape index (κ1) is 14.9. The van der Waals surface area contributed by atoms with Crippen LogP contribution in [0.4, 0.5) is 5.69 Å². The highest BCUT2D eigenvalue weighted by molar-refractivity contribution is 6.30. The monoisotopic (exact) mass is 293 g/mol. The molecule has 1 aliphatic rings. The van der Waals surface area contributed by atoms with Crippen LogP contribution in [0.5, 0.6) is 0 Å². The van der Waals surface area contributed by atoms with Gasteiger partial charge in [-0.2, -0.15) is 0 Å². The number of nitrogens with zero attached hydrogens (tertiary/aromatic N) is 1. The van der Waals surface area contributed by atoms with E-state index < -0.39 is 5.97 Å². The highest BCUT2D eigenvalue weighted by atomic mass is 35.5. The van der Waals surface area contributed by atoms with Crippen molar-refractivity contribution in [1.29, 1.82) is 0 Å². The van der Waals surface area contributed by atoms with Crippen molar-refractivity contribution in [3.05, 3.63) is 34.9 Å². The Kier molecular flexibility index (Phi) is 5.07. The van der Waals surface area contributed by atoms with Crippen LogP contribution in [0, 0.1) is 5.92 Å². The summed E-state index contributed by atoms with van der Waals surface area (Å²) in [6, 6.07) is 5.67. The van der Waals surface area contributed by atoms with E-state index in [0.717, 1.165) is 36.3 Å². The first-order valence-electron chi connectivity index (χ1n) is 7.05. The molecule has 1 saturated heterocycles. The van der Waals surface area contributed by atoms with Gasteiger partial charge in [0.15, 0.2) is 0 Å². The van der Waals surface area contributed by atoms with Crippen LogP contribution in [0.3, 0.4) is 0 Å². The molecule has 0 saturated carbocycles. The van der Waals surface area contributed by atoms with Crippen molar-refractivity contribution in [2.24, 2.45) is 5.92 Å². The van der Waals surface area contributed by atoms with Gasteiger partial charge in [0.25, 0.3) is 0 Å². The normalized spacial score (nSPS) is 16.8. The van der Waals surface area contributed by atoms with E-state index in [4.69, 9.17) is 16.7 Å². The van der Waals surface area contributed by atoms with Gasteiger partial charge in [-0.1, -0.05) is 24.9 Å². The second-order valence-corrected chi connectivity index (χ2v) is 5.65. The van der Waals surface area contributed by atoms with Crippen LogP contribution in [0.2, 0.25) is 5.02 Å². The third-order valence-corrected chi connectivity index (χ3v) is 4.16. The van der Waals surface area contributed by atoms with Crippen molar-refractivity contribution in [3.8, 4) is 0 Å². The zero-order valence-corrected chi connectivity index (χ0v) is 12.4. The van der Waals surface area contributed by atoms with Gasteiger partial charge in [-0.25, -0.2) is 4.79 Å². The summed E-state index contributed by atoms with van der Waals surface area (Å²) in [4.78, 5) is 13.0. The molecule has 0 aromatic heterocycles. The first-order valence-corrected chi connectivity index (χ1v) is 7.43. The average Bonchev–Trinajstić information content (AvgIpc) is 2.45. The van der Waals surface area contributed by atoms with Gasteiger partial charge in [-0.05, 0) is 48.6 Å². The Hall–Kier alpha value is -1.48. The molecule has 0 unspecified atom stereocenters. The topological polar surface area (TPSA) is 40.5 Å². The van der Waals surface area contributed by atoms with Crippen molar-refractivity contribution in [1.82, 2.24) is 0 Å². The fourth-order valence-electron chi connectivity index (χ4n) is 2.69.